The van der Waals surface area contributed by atoms with Crippen LogP contribution in [0, 0.1) is 0 Å². The summed E-state index contributed by atoms with van der Waals surface area (Å²) in [7, 11) is 0. The molecule has 1 N–H and O–H groups in total. The number of fused-ring (bicyclic) bond motifs is 1. The van der Waals surface area contributed by atoms with Gasteiger partial charge in [0.05, 0.1) is 0 Å². The minimum Gasteiger partial charge on any atom is -0.451 e. The molecule has 2 aliphatic rings. The molecule has 0 bridgehead atoms. The first-order valence-electron chi connectivity index (χ1n) is 8.86. The monoisotopic (exact) mass is 373 g/mol. The van der Waals surface area contributed by atoms with Crippen molar-refractivity contribution in [1.29, 1.82) is 0 Å². The first-order valence-corrected chi connectivity index (χ1v) is 8.86. The van der Waals surface area contributed by atoms with Crippen LogP contribution in [-0.4, -0.2) is 52.9 Å². The molecule has 3 rings (SSSR count). The van der Waals surface area contributed by atoms with Gasteiger partial charge in [0.15, 0.2) is 6.10 Å². The van der Waals surface area contributed by atoms with Gasteiger partial charge in [-0.3, -0.25) is 19.3 Å². The lowest BCUT2D eigenvalue weighted by atomic mass is 10.1. The molecule has 0 aromatic heterocycles. The molecular formula is C19H23N3O5. The van der Waals surface area contributed by atoms with Crippen LogP contribution in [0.4, 0.5) is 10.5 Å². The summed E-state index contributed by atoms with van der Waals surface area (Å²) < 4.78 is 5.21. The number of benzene rings is 1. The van der Waals surface area contributed by atoms with Gasteiger partial charge < -0.3 is 15.0 Å². The first kappa shape index (κ1) is 18.9. The number of carbonyl (C=O) groups is 4. The van der Waals surface area contributed by atoms with E-state index < -0.39 is 36.1 Å². The maximum absolute atomic E-state index is 12.8. The molecule has 2 heterocycles. The molecule has 144 valence electrons. The lowest BCUT2D eigenvalue weighted by Crippen LogP contribution is -2.45. The molecule has 8 nitrogen and oxygen atoms in total. The molecule has 1 saturated heterocycles. The Morgan fingerprint density at radius 2 is 1.96 bits per heavy atom. The van der Waals surface area contributed by atoms with Crippen LogP contribution < -0.4 is 10.2 Å². The Labute approximate surface area is 157 Å². The van der Waals surface area contributed by atoms with Crippen molar-refractivity contribution in [3.8, 4) is 0 Å². The molecule has 1 aromatic rings. The lowest BCUT2D eigenvalue weighted by Gasteiger charge is -2.26. The van der Waals surface area contributed by atoms with Gasteiger partial charge in [-0.15, -0.1) is 0 Å². The largest absolute Gasteiger partial charge is 0.451 e. The van der Waals surface area contributed by atoms with Crippen LogP contribution in [0.1, 0.15) is 33.3 Å². The van der Waals surface area contributed by atoms with Crippen LogP contribution >= 0.6 is 0 Å². The molecule has 0 aliphatic carbocycles. The number of rotatable bonds is 4. The second kappa shape index (κ2) is 6.68. The summed E-state index contributed by atoms with van der Waals surface area (Å²) in [5.41, 5.74) is 0.820. The molecule has 8 heteroatoms. The van der Waals surface area contributed by atoms with E-state index in [4.69, 9.17) is 4.74 Å². The van der Waals surface area contributed by atoms with Crippen LogP contribution in [0.5, 0.6) is 0 Å². The van der Waals surface area contributed by atoms with Crippen molar-refractivity contribution in [2.45, 2.75) is 51.8 Å². The third-order valence-corrected chi connectivity index (χ3v) is 4.83. The molecule has 2 aliphatic heterocycles. The van der Waals surface area contributed by atoms with Gasteiger partial charge >= 0.3 is 12.0 Å². The third kappa shape index (κ3) is 3.39. The van der Waals surface area contributed by atoms with Gasteiger partial charge in [0.25, 0.3) is 11.8 Å². The van der Waals surface area contributed by atoms with Crippen molar-refractivity contribution < 1.29 is 23.9 Å². The van der Waals surface area contributed by atoms with Crippen LogP contribution in [0.3, 0.4) is 0 Å². The Bertz CT molecular complexity index is 819. The van der Waals surface area contributed by atoms with Gasteiger partial charge in [-0.25, -0.2) is 4.79 Å². The SMILES string of the molecule is C[C@H](OC(=O)CN1C(=O)NC(C)(C)C1=O)C(=O)N1c2ccccc2C[C@@H]1C. The number of ether oxygens (including phenoxy) is 1. The number of urea groups is 1. The highest BCUT2D eigenvalue weighted by Gasteiger charge is 2.45. The topological polar surface area (TPSA) is 96.0 Å². The highest BCUT2D eigenvalue weighted by molar-refractivity contribution is 6.08. The van der Waals surface area contributed by atoms with Gasteiger partial charge in [-0.05, 0) is 45.7 Å². The number of carbonyl (C=O) groups excluding carboxylic acids is 4. The van der Waals surface area contributed by atoms with Crippen LogP contribution in [0.2, 0.25) is 0 Å². The Balaban J connectivity index is 1.64. The van der Waals surface area contributed by atoms with Gasteiger partial charge in [-0.2, -0.15) is 0 Å². The van der Waals surface area contributed by atoms with E-state index in [9.17, 15) is 19.2 Å². The third-order valence-electron chi connectivity index (χ3n) is 4.83. The summed E-state index contributed by atoms with van der Waals surface area (Å²) in [5.74, 6) is -1.65. The van der Waals surface area contributed by atoms with E-state index >= 15 is 0 Å². The number of anilines is 1. The average Bonchev–Trinajstić information content (AvgIpc) is 3.01. The highest BCUT2D eigenvalue weighted by atomic mass is 16.5. The normalized spacial score (nSPS) is 21.7. The molecule has 0 spiro atoms. The number of imide groups is 1. The van der Waals surface area contributed by atoms with Gasteiger partial charge in [-0.1, -0.05) is 18.2 Å². The maximum atomic E-state index is 12.8. The van der Waals surface area contributed by atoms with E-state index in [-0.39, 0.29) is 11.9 Å². The fourth-order valence-electron chi connectivity index (χ4n) is 3.47. The van der Waals surface area contributed by atoms with Crippen molar-refractivity contribution in [2.24, 2.45) is 0 Å². The molecule has 2 atom stereocenters. The van der Waals surface area contributed by atoms with E-state index in [1.807, 2.05) is 31.2 Å². The summed E-state index contributed by atoms with van der Waals surface area (Å²) in [6, 6.07) is 6.91. The van der Waals surface area contributed by atoms with Gasteiger partial charge in [0.1, 0.15) is 12.1 Å². The summed E-state index contributed by atoms with van der Waals surface area (Å²) in [6.45, 7) is 6.00. The molecule has 1 fully saturated rings. The Morgan fingerprint density at radius 1 is 1.30 bits per heavy atom. The van der Waals surface area contributed by atoms with E-state index in [1.54, 1.807) is 18.7 Å². The van der Waals surface area contributed by atoms with Crippen molar-refractivity contribution in [3.63, 3.8) is 0 Å². The molecule has 0 radical (unpaired) electrons. The number of para-hydroxylation sites is 1. The summed E-state index contributed by atoms with van der Waals surface area (Å²) >= 11 is 0. The van der Waals surface area contributed by atoms with Crippen LogP contribution in [0.25, 0.3) is 0 Å². The smallest absolute Gasteiger partial charge is 0.327 e. The number of hydrogen-bond acceptors (Lipinski definition) is 5. The zero-order valence-electron chi connectivity index (χ0n) is 15.8. The molecule has 1 aromatic carbocycles. The van der Waals surface area contributed by atoms with E-state index in [0.29, 0.717) is 0 Å². The fraction of sp³-hybridized carbons (Fsp3) is 0.474. The van der Waals surface area contributed by atoms with E-state index in [0.717, 1.165) is 22.6 Å². The maximum Gasteiger partial charge on any atom is 0.327 e. The number of nitrogens with one attached hydrogen (secondary N) is 1. The standard InChI is InChI=1S/C19H23N3O5/c1-11-9-13-7-5-6-8-14(13)22(11)16(24)12(2)27-15(23)10-21-17(25)19(3,4)20-18(21)26/h5-8,11-12H,9-10H2,1-4H3,(H,20,26)/t11-,12-/m0/s1. The van der Waals surface area contributed by atoms with Crippen molar-refractivity contribution in [3.05, 3.63) is 29.8 Å². The summed E-state index contributed by atoms with van der Waals surface area (Å²) in [4.78, 5) is 51.4. The predicted octanol–water partition coefficient (Wildman–Crippen LogP) is 1.23. The molecule has 4 amide bonds. The second-order valence-electron chi connectivity index (χ2n) is 7.47. The number of nitrogens with zero attached hydrogens (tertiary/aromatic N) is 2. The number of hydrogen-bond donors (Lipinski definition) is 1. The number of esters is 1. The lowest BCUT2D eigenvalue weighted by molar-refractivity contribution is -0.155. The predicted molar refractivity (Wildman–Crippen MR) is 97.0 cm³/mol. The van der Waals surface area contributed by atoms with Crippen LogP contribution in [0.15, 0.2) is 24.3 Å². The van der Waals surface area contributed by atoms with Crippen molar-refractivity contribution in [2.75, 3.05) is 11.4 Å². The quantitative estimate of drug-likeness (QED) is 0.632. The zero-order valence-corrected chi connectivity index (χ0v) is 15.8. The van der Waals surface area contributed by atoms with E-state index in [1.165, 1.54) is 6.92 Å². The summed E-state index contributed by atoms with van der Waals surface area (Å²) in [6.07, 6.45) is -0.292. The molecule has 0 saturated carbocycles. The van der Waals surface area contributed by atoms with Gasteiger partial charge in [0, 0.05) is 11.7 Å². The van der Waals surface area contributed by atoms with Crippen molar-refractivity contribution >= 4 is 29.5 Å². The Hall–Kier alpha value is -2.90. The first-order chi connectivity index (χ1) is 12.6. The average molecular weight is 373 g/mol. The minimum absolute atomic E-state index is 0.0391. The van der Waals surface area contributed by atoms with E-state index in [2.05, 4.69) is 5.32 Å². The summed E-state index contributed by atoms with van der Waals surface area (Å²) in [5, 5.41) is 2.49. The molecular weight excluding hydrogens is 350 g/mol. The molecule has 27 heavy (non-hydrogen) atoms. The fourth-order valence-corrected chi connectivity index (χ4v) is 3.47. The highest BCUT2D eigenvalue weighted by Crippen LogP contribution is 2.32. The minimum atomic E-state index is -1.06. The second-order valence-corrected chi connectivity index (χ2v) is 7.47. The van der Waals surface area contributed by atoms with Gasteiger partial charge in [0.2, 0.25) is 0 Å². The Kier molecular flexibility index (Phi) is 4.67. The van der Waals surface area contributed by atoms with Crippen LogP contribution in [-0.2, 0) is 25.5 Å². The number of amides is 4. The Morgan fingerprint density at radius 3 is 2.59 bits per heavy atom. The molecule has 0 unspecified atom stereocenters. The zero-order chi connectivity index (χ0) is 19.9. The van der Waals surface area contributed by atoms with Crippen molar-refractivity contribution in [1.82, 2.24) is 10.2 Å².